The number of hydrogen-bond acceptors (Lipinski definition) is 6. The van der Waals surface area contributed by atoms with E-state index in [0.29, 0.717) is 5.95 Å². The number of carbonyl (C=O) groups is 1. The van der Waals surface area contributed by atoms with Crippen LogP contribution in [0.5, 0.6) is 0 Å². The van der Waals surface area contributed by atoms with Gasteiger partial charge in [0.05, 0.1) is 6.04 Å². The van der Waals surface area contributed by atoms with Crippen LogP contribution in [-0.2, 0) is 4.79 Å². The van der Waals surface area contributed by atoms with E-state index >= 15 is 0 Å². The second-order valence-corrected chi connectivity index (χ2v) is 9.03. The number of piperidine rings is 1. The molecular weight excluding hydrogens is 373 g/mol. The fourth-order valence-electron chi connectivity index (χ4n) is 4.33. The monoisotopic (exact) mass is 401 g/mol. The van der Waals surface area contributed by atoms with Gasteiger partial charge in [0, 0.05) is 17.1 Å². The van der Waals surface area contributed by atoms with Gasteiger partial charge in [0.25, 0.3) is 0 Å². The second-order valence-electron chi connectivity index (χ2n) is 8.36. The van der Waals surface area contributed by atoms with Crippen LogP contribution in [-0.4, -0.2) is 43.9 Å². The third-order valence-corrected chi connectivity index (χ3v) is 5.31. The Kier molecular flexibility index (Phi) is 6.52. The van der Waals surface area contributed by atoms with E-state index in [4.69, 9.17) is 23.2 Å². The lowest BCUT2D eigenvalue weighted by Crippen LogP contribution is -2.65. The first-order valence-electron chi connectivity index (χ1n) is 9.10. The van der Waals surface area contributed by atoms with Gasteiger partial charge in [0.1, 0.15) is 5.78 Å². The number of nitrogens with one attached hydrogen (secondary N) is 1. The van der Waals surface area contributed by atoms with Crippen molar-refractivity contribution in [1.29, 1.82) is 0 Å². The van der Waals surface area contributed by atoms with Gasteiger partial charge in [-0.15, -0.1) is 0 Å². The van der Waals surface area contributed by atoms with Crippen molar-refractivity contribution in [2.45, 2.75) is 90.4 Å². The van der Waals surface area contributed by atoms with E-state index in [1.54, 1.807) is 6.92 Å². The summed E-state index contributed by atoms with van der Waals surface area (Å²) in [6.07, 6.45) is 3.54. The topological polar surface area (TPSA) is 71.0 Å². The zero-order chi connectivity index (χ0) is 19.7. The first-order chi connectivity index (χ1) is 12.0. The standard InChI is InChI=1S/C18H29Cl2N5O/c1-7-8-13(11(2)26)21-12-9-17(3,4)25(18(5,6)10-12)16-23-14(19)22-15(20)24-16/h12-13,21H,7-10H2,1-6H3. The maximum atomic E-state index is 12.0. The summed E-state index contributed by atoms with van der Waals surface area (Å²) < 4.78 is 0. The summed E-state index contributed by atoms with van der Waals surface area (Å²) in [6.45, 7) is 12.4. The Bertz CT molecular complexity index is 627. The van der Waals surface area contributed by atoms with Crippen LogP contribution in [0.3, 0.4) is 0 Å². The second kappa shape index (κ2) is 7.95. The number of rotatable bonds is 6. The van der Waals surface area contributed by atoms with Gasteiger partial charge in [0.2, 0.25) is 16.5 Å². The minimum atomic E-state index is -0.249. The highest BCUT2D eigenvalue weighted by molar-refractivity contribution is 6.31. The Morgan fingerprint density at radius 1 is 1.15 bits per heavy atom. The molecule has 0 aromatic carbocycles. The predicted molar refractivity (Wildman–Crippen MR) is 106 cm³/mol. The molecule has 146 valence electrons. The highest BCUT2D eigenvalue weighted by Crippen LogP contribution is 2.41. The zero-order valence-corrected chi connectivity index (χ0v) is 17.9. The van der Waals surface area contributed by atoms with Gasteiger partial charge in [-0.2, -0.15) is 15.0 Å². The van der Waals surface area contributed by atoms with Gasteiger partial charge < -0.3 is 10.2 Å². The molecule has 8 heteroatoms. The lowest BCUT2D eigenvalue weighted by Gasteiger charge is -2.55. The molecule has 0 amide bonds. The molecule has 0 spiro atoms. The third-order valence-electron chi connectivity index (χ3n) is 4.98. The normalized spacial score (nSPS) is 20.8. The zero-order valence-electron chi connectivity index (χ0n) is 16.4. The summed E-state index contributed by atoms with van der Waals surface area (Å²) in [5.41, 5.74) is -0.498. The van der Waals surface area contributed by atoms with Crippen LogP contribution in [0, 0.1) is 0 Å². The van der Waals surface area contributed by atoms with Crippen molar-refractivity contribution in [3.05, 3.63) is 10.6 Å². The molecule has 0 aliphatic carbocycles. The van der Waals surface area contributed by atoms with Crippen LogP contribution in [0.2, 0.25) is 10.6 Å². The quantitative estimate of drug-likeness (QED) is 0.774. The van der Waals surface area contributed by atoms with Crippen molar-refractivity contribution in [2.75, 3.05) is 4.90 Å². The van der Waals surface area contributed by atoms with E-state index in [1.807, 2.05) is 0 Å². The number of aromatic nitrogens is 3. The molecule has 1 aromatic heterocycles. The van der Waals surface area contributed by atoms with Crippen LogP contribution < -0.4 is 10.2 Å². The number of hydrogen-bond donors (Lipinski definition) is 1. The fraction of sp³-hybridized carbons (Fsp3) is 0.778. The van der Waals surface area contributed by atoms with Crippen molar-refractivity contribution < 1.29 is 4.79 Å². The molecule has 0 radical (unpaired) electrons. The Labute approximate surface area is 166 Å². The van der Waals surface area contributed by atoms with Gasteiger partial charge in [-0.25, -0.2) is 0 Å². The molecule has 2 heterocycles. The number of ketones is 1. The van der Waals surface area contributed by atoms with Crippen molar-refractivity contribution in [1.82, 2.24) is 20.3 Å². The number of carbonyl (C=O) groups excluding carboxylic acids is 1. The number of halogens is 2. The smallest absolute Gasteiger partial charge is 0.231 e. The molecular formula is C18H29Cl2N5O. The Balaban J connectivity index is 2.29. The summed E-state index contributed by atoms with van der Waals surface area (Å²) in [6, 6.07) is 0.133. The fourth-order valence-corrected chi connectivity index (χ4v) is 4.69. The molecule has 1 N–H and O–H groups in total. The largest absolute Gasteiger partial charge is 0.330 e. The average Bonchev–Trinajstić information content (AvgIpc) is 2.42. The molecule has 0 bridgehead atoms. The Morgan fingerprint density at radius 2 is 1.65 bits per heavy atom. The lowest BCUT2D eigenvalue weighted by atomic mass is 9.77. The van der Waals surface area contributed by atoms with E-state index in [9.17, 15) is 4.79 Å². The minimum Gasteiger partial charge on any atom is -0.330 e. The van der Waals surface area contributed by atoms with Gasteiger partial charge in [0.15, 0.2) is 0 Å². The molecule has 26 heavy (non-hydrogen) atoms. The molecule has 2 rings (SSSR count). The molecule has 1 aliphatic rings. The van der Waals surface area contributed by atoms with Crippen LogP contribution in [0.15, 0.2) is 0 Å². The molecule has 0 saturated carbocycles. The van der Waals surface area contributed by atoms with Crippen molar-refractivity contribution >= 4 is 34.9 Å². The van der Waals surface area contributed by atoms with Crippen molar-refractivity contribution in [3.8, 4) is 0 Å². The summed E-state index contributed by atoms with van der Waals surface area (Å²) in [4.78, 5) is 26.6. The van der Waals surface area contributed by atoms with Crippen LogP contribution in [0.1, 0.15) is 67.2 Å². The van der Waals surface area contributed by atoms with Gasteiger partial charge in [-0.3, -0.25) is 4.79 Å². The first kappa shape index (κ1) is 21.3. The molecule has 1 fully saturated rings. The third kappa shape index (κ3) is 4.84. The van der Waals surface area contributed by atoms with E-state index in [-0.39, 0.29) is 39.5 Å². The predicted octanol–water partition coefficient (Wildman–Crippen LogP) is 4.05. The SMILES string of the molecule is CCCC(NC1CC(C)(C)N(c2nc(Cl)nc(Cl)n2)C(C)(C)C1)C(C)=O. The maximum absolute atomic E-state index is 12.0. The maximum Gasteiger partial charge on any atom is 0.231 e. The minimum absolute atomic E-state index is 0.0893. The number of nitrogens with zero attached hydrogens (tertiary/aromatic N) is 4. The highest BCUT2D eigenvalue weighted by Gasteiger charge is 2.47. The number of anilines is 1. The summed E-state index contributed by atoms with van der Waals surface area (Å²) in [5.74, 6) is 0.682. The van der Waals surface area contributed by atoms with Crippen molar-refractivity contribution in [2.24, 2.45) is 0 Å². The van der Waals surface area contributed by atoms with Crippen LogP contribution >= 0.6 is 23.2 Å². The highest BCUT2D eigenvalue weighted by atomic mass is 35.5. The molecule has 1 aliphatic heterocycles. The van der Waals surface area contributed by atoms with E-state index in [0.717, 1.165) is 25.7 Å². The van der Waals surface area contributed by atoms with Crippen LogP contribution in [0.25, 0.3) is 0 Å². The van der Waals surface area contributed by atoms with Crippen molar-refractivity contribution in [3.63, 3.8) is 0 Å². The molecule has 6 nitrogen and oxygen atoms in total. The lowest BCUT2D eigenvalue weighted by molar-refractivity contribution is -0.119. The molecule has 1 atom stereocenters. The van der Waals surface area contributed by atoms with Crippen LogP contribution in [0.4, 0.5) is 5.95 Å². The average molecular weight is 402 g/mol. The Hall–Kier alpha value is -0.980. The van der Waals surface area contributed by atoms with E-state index < -0.39 is 0 Å². The van der Waals surface area contributed by atoms with Gasteiger partial charge in [-0.1, -0.05) is 13.3 Å². The Morgan fingerprint density at radius 3 is 2.08 bits per heavy atom. The van der Waals surface area contributed by atoms with E-state index in [1.165, 1.54) is 0 Å². The van der Waals surface area contributed by atoms with Gasteiger partial charge in [-0.05, 0) is 77.1 Å². The number of Topliss-reactive ketones (excluding diaryl/α,β-unsaturated/α-hetero) is 1. The van der Waals surface area contributed by atoms with E-state index in [2.05, 4.69) is 59.8 Å². The molecule has 1 aromatic rings. The first-order valence-corrected chi connectivity index (χ1v) is 9.86. The van der Waals surface area contributed by atoms with Gasteiger partial charge >= 0.3 is 0 Å². The molecule has 1 unspecified atom stereocenters. The summed E-state index contributed by atoms with van der Waals surface area (Å²) in [5, 5.41) is 3.76. The summed E-state index contributed by atoms with van der Waals surface area (Å²) >= 11 is 12.0. The molecule has 1 saturated heterocycles. The summed E-state index contributed by atoms with van der Waals surface area (Å²) in [7, 11) is 0.